The Morgan fingerprint density at radius 3 is 2.43 bits per heavy atom. The van der Waals surface area contributed by atoms with Gasteiger partial charge in [0.25, 0.3) is 0 Å². The average Bonchev–Trinajstić information content (AvgIpc) is 2.19. The predicted molar refractivity (Wildman–Crippen MR) is 53.8 cm³/mol. The van der Waals surface area contributed by atoms with Gasteiger partial charge >= 0.3 is 0 Å². The first-order valence-electron chi connectivity index (χ1n) is 4.68. The molecule has 1 aromatic carbocycles. The summed E-state index contributed by atoms with van der Waals surface area (Å²) >= 11 is 0. The molecule has 0 amide bonds. The Balaban J connectivity index is 2.22. The second kappa shape index (κ2) is 5.75. The van der Waals surface area contributed by atoms with E-state index in [9.17, 15) is 5.11 Å². The molecule has 3 nitrogen and oxygen atoms in total. The van der Waals surface area contributed by atoms with Gasteiger partial charge in [-0.2, -0.15) is 0 Å². The zero-order valence-electron chi connectivity index (χ0n) is 8.26. The average molecular weight is 196 g/mol. The van der Waals surface area contributed by atoms with Crippen LogP contribution >= 0.6 is 0 Å². The Bertz CT molecular complexity index is 246. The molecule has 0 heterocycles. The van der Waals surface area contributed by atoms with Crippen molar-refractivity contribution in [1.82, 2.24) is 0 Å². The highest BCUT2D eigenvalue weighted by atomic mass is 16.5. The highest BCUT2D eigenvalue weighted by molar-refractivity contribution is 5.13. The highest BCUT2D eigenvalue weighted by Crippen LogP contribution is 2.01. The van der Waals surface area contributed by atoms with Gasteiger partial charge in [-0.1, -0.05) is 30.3 Å². The summed E-state index contributed by atoms with van der Waals surface area (Å²) in [7, 11) is 0. The van der Waals surface area contributed by atoms with Gasteiger partial charge in [0.15, 0.2) is 0 Å². The highest BCUT2D eigenvalue weighted by Gasteiger charge is 2.10. The first kappa shape index (κ1) is 11.2. The van der Waals surface area contributed by atoms with Crippen molar-refractivity contribution in [1.29, 1.82) is 0 Å². The van der Waals surface area contributed by atoms with Crippen LogP contribution in [-0.4, -0.2) is 29.0 Å². The number of ether oxygens (including phenoxy) is 1. The molecule has 0 aliphatic heterocycles. The molecule has 0 aliphatic carbocycles. The van der Waals surface area contributed by atoms with Crippen molar-refractivity contribution in [3.05, 3.63) is 35.9 Å². The van der Waals surface area contributed by atoms with Crippen LogP contribution < -0.4 is 0 Å². The minimum Gasteiger partial charge on any atom is -0.391 e. The summed E-state index contributed by atoms with van der Waals surface area (Å²) in [4.78, 5) is 0. The first-order valence-corrected chi connectivity index (χ1v) is 4.68. The molecular weight excluding hydrogens is 180 g/mol. The second-order valence-corrected chi connectivity index (χ2v) is 3.31. The van der Waals surface area contributed by atoms with E-state index < -0.39 is 12.2 Å². The van der Waals surface area contributed by atoms with Gasteiger partial charge in [-0.05, 0) is 12.5 Å². The second-order valence-electron chi connectivity index (χ2n) is 3.31. The maximum absolute atomic E-state index is 9.23. The Labute approximate surface area is 84.0 Å². The Hall–Kier alpha value is -0.900. The van der Waals surface area contributed by atoms with Crippen molar-refractivity contribution in [2.75, 3.05) is 6.61 Å². The number of benzene rings is 1. The lowest BCUT2D eigenvalue weighted by Gasteiger charge is -2.13. The standard InChI is InChI=1S/C11H16O3/c1-9(12)11(13)8-14-7-10-5-3-2-4-6-10/h2-6,9,11-13H,7-8H2,1H3/t9-,11?/m0/s1. The fourth-order valence-electron chi connectivity index (χ4n) is 1.01. The summed E-state index contributed by atoms with van der Waals surface area (Å²) in [6.45, 7) is 2.16. The van der Waals surface area contributed by atoms with E-state index in [0.717, 1.165) is 5.56 Å². The van der Waals surface area contributed by atoms with Crippen molar-refractivity contribution in [3.8, 4) is 0 Å². The maximum atomic E-state index is 9.23. The van der Waals surface area contributed by atoms with E-state index in [1.165, 1.54) is 6.92 Å². The summed E-state index contributed by atoms with van der Waals surface area (Å²) in [6.07, 6.45) is -1.55. The van der Waals surface area contributed by atoms with E-state index in [-0.39, 0.29) is 6.61 Å². The lowest BCUT2D eigenvalue weighted by molar-refractivity contribution is -0.0349. The minimum absolute atomic E-state index is 0.159. The summed E-state index contributed by atoms with van der Waals surface area (Å²) in [5.74, 6) is 0. The molecule has 2 atom stereocenters. The summed E-state index contributed by atoms with van der Waals surface area (Å²) in [5.41, 5.74) is 1.06. The van der Waals surface area contributed by atoms with E-state index in [4.69, 9.17) is 9.84 Å². The third-order valence-electron chi connectivity index (χ3n) is 1.96. The topological polar surface area (TPSA) is 49.7 Å². The molecular formula is C11H16O3. The monoisotopic (exact) mass is 196 g/mol. The SMILES string of the molecule is C[C@H](O)C(O)COCc1ccccc1. The molecule has 0 fully saturated rings. The van der Waals surface area contributed by atoms with Crippen molar-refractivity contribution in [3.63, 3.8) is 0 Å². The summed E-state index contributed by atoms with van der Waals surface area (Å²) < 4.78 is 5.23. The molecule has 0 radical (unpaired) electrons. The lowest BCUT2D eigenvalue weighted by Crippen LogP contribution is -2.27. The van der Waals surface area contributed by atoms with Crippen molar-refractivity contribution in [2.24, 2.45) is 0 Å². The Morgan fingerprint density at radius 1 is 1.21 bits per heavy atom. The largest absolute Gasteiger partial charge is 0.391 e. The molecule has 0 aromatic heterocycles. The van der Waals surface area contributed by atoms with Crippen LogP contribution in [0.15, 0.2) is 30.3 Å². The third-order valence-corrected chi connectivity index (χ3v) is 1.96. The molecule has 14 heavy (non-hydrogen) atoms. The van der Waals surface area contributed by atoms with Gasteiger partial charge in [0.1, 0.15) is 6.10 Å². The van der Waals surface area contributed by atoms with Gasteiger partial charge in [-0.25, -0.2) is 0 Å². The van der Waals surface area contributed by atoms with E-state index in [2.05, 4.69) is 0 Å². The van der Waals surface area contributed by atoms with Gasteiger partial charge in [-0.15, -0.1) is 0 Å². The number of hydrogen-bond acceptors (Lipinski definition) is 3. The minimum atomic E-state index is -0.807. The molecule has 0 saturated heterocycles. The Morgan fingerprint density at radius 2 is 1.86 bits per heavy atom. The van der Waals surface area contributed by atoms with Gasteiger partial charge < -0.3 is 14.9 Å². The van der Waals surface area contributed by atoms with Crippen LogP contribution in [0.1, 0.15) is 12.5 Å². The van der Waals surface area contributed by atoms with Gasteiger partial charge in [0.05, 0.1) is 19.3 Å². The molecule has 0 spiro atoms. The molecule has 0 bridgehead atoms. The zero-order chi connectivity index (χ0) is 10.4. The maximum Gasteiger partial charge on any atom is 0.103 e. The molecule has 1 aromatic rings. The van der Waals surface area contributed by atoms with Crippen LogP contribution in [0.25, 0.3) is 0 Å². The van der Waals surface area contributed by atoms with Crippen LogP contribution in [0.4, 0.5) is 0 Å². The molecule has 1 rings (SSSR count). The fraction of sp³-hybridized carbons (Fsp3) is 0.455. The normalized spacial score (nSPS) is 15.1. The smallest absolute Gasteiger partial charge is 0.103 e. The van der Waals surface area contributed by atoms with Crippen molar-refractivity contribution >= 4 is 0 Å². The summed E-state index contributed by atoms with van der Waals surface area (Å²) in [5, 5.41) is 18.2. The van der Waals surface area contributed by atoms with Gasteiger partial charge in [0.2, 0.25) is 0 Å². The summed E-state index contributed by atoms with van der Waals surface area (Å²) in [6, 6.07) is 9.71. The van der Waals surface area contributed by atoms with Crippen molar-refractivity contribution < 1.29 is 14.9 Å². The number of rotatable bonds is 5. The van der Waals surface area contributed by atoms with Crippen LogP contribution in [0.2, 0.25) is 0 Å². The lowest BCUT2D eigenvalue weighted by atomic mass is 10.2. The van der Waals surface area contributed by atoms with E-state index in [1.54, 1.807) is 0 Å². The van der Waals surface area contributed by atoms with Crippen LogP contribution in [0.3, 0.4) is 0 Å². The Kier molecular flexibility index (Phi) is 4.59. The number of aliphatic hydroxyl groups excluding tert-OH is 2. The van der Waals surface area contributed by atoms with Crippen LogP contribution in [-0.2, 0) is 11.3 Å². The van der Waals surface area contributed by atoms with Crippen LogP contribution in [0.5, 0.6) is 0 Å². The molecule has 1 unspecified atom stereocenters. The van der Waals surface area contributed by atoms with Gasteiger partial charge in [0, 0.05) is 0 Å². The predicted octanol–water partition coefficient (Wildman–Crippen LogP) is 0.945. The fourth-order valence-corrected chi connectivity index (χ4v) is 1.01. The molecule has 2 N–H and O–H groups in total. The molecule has 0 aliphatic rings. The van der Waals surface area contributed by atoms with Crippen molar-refractivity contribution in [2.45, 2.75) is 25.7 Å². The third kappa shape index (κ3) is 3.87. The van der Waals surface area contributed by atoms with Gasteiger partial charge in [-0.3, -0.25) is 0 Å². The molecule has 3 heteroatoms. The number of hydrogen-bond donors (Lipinski definition) is 2. The number of aliphatic hydroxyl groups is 2. The van der Waals surface area contributed by atoms with E-state index in [1.807, 2.05) is 30.3 Å². The van der Waals surface area contributed by atoms with E-state index >= 15 is 0 Å². The zero-order valence-corrected chi connectivity index (χ0v) is 8.26. The van der Waals surface area contributed by atoms with E-state index in [0.29, 0.717) is 6.61 Å². The quantitative estimate of drug-likeness (QED) is 0.737. The molecule has 0 saturated carbocycles. The van der Waals surface area contributed by atoms with Crippen LogP contribution in [0, 0.1) is 0 Å². The first-order chi connectivity index (χ1) is 6.70. The molecule has 78 valence electrons.